The third kappa shape index (κ3) is 5.07. The van der Waals surface area contributed by atoms with E-state index in [9.17, 15) is 14.4 Å². The van der Waals surface area contributed by atoms with E-state index in [4.69, 9.17) is 9.47 Å². The summed E-state index contributed by atoms with van der Waals surface area (Å²) in [5.41, 5.74) is 1.16. The van der Waals surface area contributed by atoms with Crippen LogP contribution in [-0.4, -0.2) is 31.0 Å². The van der Waals surface area contributed by atoms with Gasteiger partial charge in [-0.15, -0.1) is 0 Å². The van der Waals surface area contributed by atoms with E-state index in [-0.39, 0.29) is 6.61 Å². The molecule has 0 bridgehead atoms. The van der Waals surface area contributed by atoms with Crippen LogP contribution >= 0.6 is 0 Å². The number of benzene rings is 2. The van der Waals surface area contributed by atoms with Crippen molar-refractivity contribution in [1.82, 2.24) is 0 Å². The van der Waals surface area contributed by atoms with Gasteiger partial charge < -0.3 is 20.1 Å². The molecule has 7 nitrogen and oxygen atoms in total. The average molecular weight is 356 g/mol. The molecule has 7 heteroatoms. The SMILES string of the molecule is CCOC(=O)c1ccc(NC(=O)C(=O)Nc2ccccc2OCC)cc1. The van der Waals surface area contributed by atoms with Gasteiger partial charge in [0.15, 0.2) is 0 Å². The fourth-order valence-corrected chi connectivity index (χ4v) is 2.12. The maximum absolute atomic E-state index is 12.1. The lowest BCUT2D eigenvalue weighted by molar-refractivity contribution is -0.133. The molecule has 0 heterocycles. The van der Waals surface area contributed by atoms with Gasteiger partial charge in [-0.2, -0.15) is 0 Å². The molecule has 0 radical (unpaired) electrons. The maximum Gasteiger partial charge on any atom is 0.338 e. The summed E-state index contributed by atoms with van der Waals surface area (Å²) in [4.78, 5) is 35.7. The van der Waals surface area contributed by atoms with Crippen LogP contribution < -0.4 is 15.4 Å². The molecule has 2 amide bonds. The summed E-state index contributed by atoms with van der Waals surface area (Å²) < 4.78 is 10.3. The van der Waals surface area contributed by atoms with Crippen molar-refractivity contribution < 1.29 is 23.9 Å². The molecule has 0 aromatic heterocycles. The number of ether oxygens (including phenoxy) is 2. The Balaban J connectivity index is 1.99. The number of nitrogens with one attached hydrogen (secondary N) is 2. The third-order valence-corrected chi connectivity index (χ3v) is 3.30. The van der Waals surface area contributed by atoms with Crippen molar-refractivity contribution in [1.29, 1.82) is 0 Å². The molecule has 0 saturated heterocycles. The lowest BCUT2D eigenvalue weighted by Gasteiger charge is -2.11. The number of para-hydroxylation sites is 2. The normalized spacial score (nSPS) is 9.92. The first kappa shape index (κ1) is 19.0. The highest BCUT2D eigenvalue weighted by Crippen LogP contribution is 2.23. The van der Waals surface area contributed by atoms with E-state index in [1.807, 2.05) is 6.92 Å². The molecule has 0 spiro atoms. The highest BCUT2D eigenvalue weighted by atomic mass is 16.5. The quantitative estimate of drug-likeness (QED) is 0.613. The largest absolute Gasteiger partial charge is 0.492 e. The number of carbonyl (C=O) groups excluding carboxylic acids is 3. The van der Waals surface area contributed by atoms with Crippen LogP contribution in [0.4, 0.5) is 11.4 Å². The predicted octanol–water partition coefficient (Wildman–Crippen LogP) is 2.84. The average Bonchev–Trinajstić information content (AvgIpc) is 2.64. The minimum Gasteiger partial charge on any atom is -0.492 e. The molecular weight excluding hydrogens is 336 g/mol. The van der Waals surface area contributed by atoms with Gasteiger partial charge in [-0.05, 0) is 50.2 Å². The topological polar surface area (TPSA) is 93.7 Å². The zero-order chi connectivity index (χ0) is 18.9. The minimum absolute atomic E-state index is 0.278. The third-order valence-electron chi connectivity index (χ3n) is 3.30. The first-order valence-corrected chi connectivity index (χ1v) is 8.16. The molecule has 0 aliphatic rings. The Morgan fingerprint density at radius 2 is 1.50 bits per heavy atom. The van der Waals surface area contributed by atoms with Crippen LogP contribution in [0.25, 0.3) is 0 Å². The minimum atomic E-state index is -0.833. The lowest BCUT2D eigenvalue weighted by Crippen LogP contribution is -2.29. The number of anilines is 2. The van der Waals surface area contributed by atoms with Crippen molar-refractivity contribution in [2.24, 2.45) is 0 Å². The predicted molar refractivity (Wildman–Crippen MR) is 97.3 cm³/mol. The first-order valence-electron chi connectivity index (χ1n) is 8.16. The smallest absolute Gasteiger partial charge is 0.338 e. The number of esters is 1. The number of hydrogen-bond acceptors (Lipinski definition) is 5. The fraction of sp³-hybridized carbons (Fsp3) is 0.211. The number of hydrogen-bond donors (Lipinski definition) is 2. The second kappa shape index (κ2) is 9.22. The fourth-order valence-electron chi connectivity index (χ4n) is 2.12. The highest BCUT2D eigenvalue weighted by molar-refractivity contribution is 6.43. The van der Waals surface area contributed by atoms with Gasteiger partial charge in [0.05, 0.1) is 24.5 Å². The Morgan fingerprint density at radius 3 is 2.15 bits per heavy atom. The van der Waals surface area contributed by atoms with Crippen LogP contribution in [0.5, 0.6) is 5.75 Å². The lowest BCUT2D eigenvalue weighted by atomic mass is 10.2. The van der Waals surface area contributed by atoms with Gasteiger partial charge >= 0.3 is 17.8 Å². The van der Waals surface area contributed by atoms with E-state index in [0.717, 1.165) is 0 Å². The van der Waals surface area contributed by atoms with Gasteiger partial charge in [0.1, 0.15) is 5.75 Å². The van der Waals surface area contributed by atoms with Gasteiger partial charge in [-0.25, -0.2) is 4.79 Å². The molecule has 0 saturated carbocycles. The van der Waals surface area contributed by atoms with Crippen molar-refractivity contribution in [2.75, 3.05) is 23.8 Å². The second-order valence-corrected chi connectivity index (χ2v) is 5.14. The van der Waals surface area contributed by atoms with Crippen molar-refractivity contribution in [3.63, 3.8) is 0 Å². The van der Waals surface area contributed by atoms with E-state index in [1.54, 1.807) is 31.2 Å². The number of amides is 2. The zero-order valence-electron chi connectivity index (χ0n) is 14.6. The van der Waals surface area contributed by atoms with Gasteiger partial charge in [0, 0.05) is 5.69 Å². The highest BCUT2D eigenvalue weighted by Gasteiger charge is 2.16. The summed E-state index contributed by atoms with van der Waals surface area (Å²) in [6.07, 6.45) is 0. The molecule has 2 N–H and O–H groups in total. The Labute approximate surface area is 151 Å². The molecule has 0 fully saturated rings. The van der Waals surface area contributed by atoms with Crippen LogP contribution in [0.3, 0.4) is 0 Å². The summed E-state index contributed by atoms with van der Waals surface area (Å²) in [5, 5.41) is 4.98. The standard InChI is InChI=1S/C19H20N2O5/c1-3-25-16-8-6-5-7-15(16)21-18(23)17(22)20-14-11-9-13(10-12-14)19(24)26-4-2/h5-12H,3-4H2,1-2H3,(H,20,22)(H,21,23). The van der Waals surface area contributed by atoms with Crippen LogP contribution in [-0.2, 0) is 14.3 Å². The van der Waals surface area contributed by atoms with Crippen LogP contribution in [0.2, 0.25) is 0 Å². The summed E-state index contributed by atoms with van der Waals surface area (Å²) in [6.45, 7) is 4.26. The molecule has 26 heavy (non-hydrogen) atoms. The Kier molecular flexibility index (Phi) is 6.73. The Morgan fingerprint density at radius 1 is 0.846 bits per heavy atom. The number of carbonyl (C=O) groups is 3. The Bertz CT molecular complexity index is 787. The van der Waals surface area contributed by atoms with E-state index in [1.165, 1.54) is 24.3 Å². The van der Waals surface area contributed by atoms with Crippen LogP contribution in [0, 0.1) is 0 Å². The molecule has 0 atom stereocenters. The molecule has 0 aliphatic carbocycles. The maximum atomic E-state index is 12.1. The summed E-state index contributed by atoms with van der Waals surface area (Å²) in [5.74, 6) is -1.63. The first-order chi connectivity index (χ1) is 12.5. The molecule has 0 unspecified atom stereocenters. The van der Waals surface area contributed by atoms with Crippen molar-refractivity contribution >= 4 is 29.2 Å². The van der Waals surface area contributed by atoms with Crippen molar-refractivity contribution in [2.45, 2.75) is 13.8 Å². The molecule has 2 aromatic carbocycles. The molecule has 136 valence electrons. The zero-order valence-corrected chi connectivity index (χ0v) is 14.6. The number of rotatable bonds is 6. The van der Waals surface area contributed by atoms with Gasteiger partial charge in [-0.3, -0.25) is 9.59 Å². The van der Waals surface area contributed by atoms with Crippen molar-refractivity contribution in [3.8, 4) is 5.75 Å². The van der Waals surface area contributed by atoms with E-state index >= 15 is 0 Å². The molecule has 2 rings (SSSR count). The van der Waals surface area contributed by atoms with Gasteiger partial charge in [-0.1, -0.05) is 12.1 Å². The van der Waals surface area contributed by atoms with Crippen molar-refractivity contribution in [3.05, 3.63) is 54.1 Å². The monoisotopic (exact) mass is 356 g/mol. The molecular formula is C19H20N2O5. The van der Waals surface area contributed by atoms with E-state index in [0.29, 0.717) is 29.3 Å². The summed E-state index contributed by atoms with van der Waals surface area (Å²) in [6, 6.07) is 12.9. The Hall–Kier alpha value is -3.35. The summed E-state index contributed by atoms with van der Waals surface area (Å²) >= 11 is 0. The van der Waals surface area contributed by atoms with Gasteiger partial charge in [0.25, 0.3) is 0 Å². The van der Waals surface area contributed by atoms with Crippen LogP contribution in [0.15, 0.2) is 48.5 Å². The summed E-state index contributed by atoms with van der Waals surface area (Å²) in [7, 11) is 0. The van der Waals surface area contributed by atoms with E-state index in [2.05, 4.69) is 10.6 Å². The van der Waals surface area contributed by atoms with Crippen LogP contribution in [0.1, 0.15) is 24.2 Å². The second-order valence-electron chi connectivity index (χ2n) is 5.14. The van der Waals surface area contributed by atoms with E-state index < -0.39 is 17.8 Å². The molecule has 0 aliphatic heterocycles. The molecule has 2 aromatic rings. The van der Waals surface area contributed by atoms with Gasteiger partial charge in [0.2, 0.25) is 0 Å².